The van der Waals surface area contributed by atoms with E-state index in [9.17, 15) is 5.11 Å². The molecule has 70 valence electrons. The Morgan fingerprint density at radius 1 is 0.933 bits per heavy atom. The van der Waals surface area contributed by atoms with Gasteiger partial charge < -0.3 is 5.11 Å². The van der Waals surface area contributed by atoms with Crippen molar-refractivity contribution in [2.45, 2.75) is 0 Å². The first-order valence-corrected chi connectivity index (χ1v) is 4.69. The van der Waals surface area contributed by atoms with E-state index in [1.807, 2.05) is 30.3 Å². The number of hydrogen-bond acceptors (Lipinski definition) is 1. The third-order valence-electron chi connectivity index (χ3n) is 2.04. The second-order valence-electron chi connectivity index (χ2n) is 3.03. The molecule has 2 aromatic rings. The number of phenolic OH excluding ortho intramolecular Hbond substituents is 1. The topological polar surface area (TPSA) is 20.2 Å². The smallest absolute Gasteiger partial charge is 0.507 e. The minimum Gasteiger partial charge on any atom is -0.507 e. The summed E-state index contributed by atoms with van der Waals surface area (Å²) in [6, 6.07) is 14.7. The van der Waals surface area contributed by atoms with E-state index in [0.717, 1.165) is 11.1 Å². The Morgan fingerprint density at radius 2 is 1.60 bits per heavy atom. The fourth-order valence-electron chi connectivity index (χ4n) is 1.36. The molecule has 0 saturated heterocycles. The predicted octanol–water partition coefficient (Wildman–Crippen LogP) is 0.717. The van der Waals surface area contributed by atoms with Gasteiger partial charge in [-0.3, -0.25) is 0 Å². The van der Waals surface area contributed by atoms with Gasteiger partial charge >= 0.3 is 29.6 Å². The molecule has 0 aliphatic heterocycles. The predicted molar refractivity (Wildman–Crippen MR) is 58.6 cm³/mol. The summed E-state index contributed by atoms with van der Waals surface area (Å²) in [6.45, 7) is 0. The first-order valence-electron chi connectivity index (χ1n) is 4.31. The Labute approximate surface area is 116 Å². The summed E-state index contributed by atoms with van der Waals surface area (Å²) in [6.07, 6.45) is 0. The summed E-state index contributed by atoms with van der Waals surface area (Å²) in [5.74, 6) is 0.251. The fraction of sp³-hybridized carbons (Fsp3) is 0. The van der Waals surface area contributed by atoms with E-state index in [0.29, 0.717) is 5.02 Å². The average molecular weight is 228 g/mol. The Balaban J connectivity index is 0.00000112. The summed E-state index contributed by atoms with van der Waals surface area (Å²) < 4.78 is 0. The zero-order chi connectivity index (χ0) is 9.97. The molecule has 0 aliphatic rings. The molecule has 0 spiro atoms. The molecule has 1 N–H and O–H groups in total. The normalized spacial score (nSPS) is 9.40. The van der Waals surface area contributed by atoms with Crippen LogP contribution in [0.3, 0.4) is 0 Å². The summed E-state index contributed by atoms with van der Waals surface area (Å²) in [5, 5.41) is 10.3. The standard InChI is InChI=1S/C12H9ClO.Na/c13-10-6-7-12(14)11(8-10)9-4-2-1-3-5-9;/h1-8,14H;/q;+1. The molecular formula is C12H9ClNaO+. The van der Waals surface area contributed by atoms with E-state index in [4.69, 9.17) is 11.6 Å². The van der Waals surface area contributed by atoms with Crippen LogP contribution in [0.25, 0.3) is 11.1 Å². The Kier molecular flexibility index (Phi) is 4.68. The summed E-state index contributed by atoms with van der Waals surface area (Å²) in [5.41, 5.74) is 1.73. The molecule has 2 rings (SSSR count). The van der Waals surface area contributed by atoms with E-state index in [-0.39, 0.29) is 35.3 Å². The van der Waals surface area contributed by atoms with E-state index < -0.39 is 0 Å². The van der Waals surface area contributed by atoms with Gasteiger partial charge in [0.15, 0.2) is 0 Å². The van der Waals surface area contributed by atoms with Gasteiger partial charge in [0.1, 0.15) is 5.75 Å². The van der Waals surface area contributed by atoms with Crippen LogP contribution in [0.1, 0.15) is 0 Å². The van der Waals surface area contributed by atoms with E-state index >= 15 is 0 Å². The molecule has 3 heteroatoms. The fourth-order valence-corrected chi connectivity index (χ4v) is 1.53. The van der Waals surface area contributed by atoms with Gasteiger partial charge in [-0.15, -0.1) is 0 Å². The van der Waals surface area contributed by atoms with Crippen LogP contribution in [0.15, 0.2) is 48.5 Å². The number of aromatic hydroxyl groups is 1. The van der Waals surface area contributed by atoms with Crippen LogP contribution < -0.4 is 29.6 Å². The van der Waals surface area contributed by atoms with Crippen LogP contribution in [-0.4, -0.2) is 5.11 Å². The number of halogens is 1. The van der Waals surface area contributed by atoms with Crippen molar-refractivity contribution in [1.29, 1.82) is 0 Å². The quantitative estimate of drug-likeness (QED) is 0.712. The summed E-state index contributed by atoms with van der Waals surface area (Å²) >= 11 is 5.86. The van der Waals surface area contributed by atoms with Crippen LogP contribution in [0.5, 0.6) is 5.75 Å². The molecule has 0 fully saturated rings. The minimum absolute atomic E-state index is 0. The van der Waals surface area contributed by atoms with Gasteiger partial charge in [-0.2, -0.15) is 0 Å². The maximum atomic E-state index is 9.63. The minimum atomic E-state index is 0. The number of hydrogen-bond donors (Lipinski definition) is 1. The molecule has 1 nitrogen and oxygen atoms in total. The Bertz CT molecular complexity index is 443. The maximum absolute atomic E-state index is 9.63. The van der Waals surface area contributed by atoms with Crippen molar-refractivity contribution in [2.75, 3.05) is 0 Å². The van der Waals surface area contributed by atoms with Gasteiger partial charge in [0.25, 0.3) is 0 Å². The van der Waals surface area contributed by atoms with Gasteiger partial charge in [0, 0.05) is 10.6 Å². The van der Waals surface area contributed by atoms with Gasteiger partial charge in [-0.1, -0.05) is 41.9 Å². The van der Waals surface area contributed by atoms with Crippen molar-refractivity contribution in [3.63, 3.8) is 0 Å². The van der Waals surface area contributed by atoms with Gasteiger partial charge in [0.05, 0.1) is 0 Å². The van der Waals surface area contributed by atoms with Crippen LogP contribution in [-0.2, 0) is 0 Å². The molecule has 0 atom stereocenters. The first kappa shape index (κ1) is 12.6. The van der Waals surface area contributed by atoms with Gasteiger partial charge in [-0.05, 0) is 23.8 Å². The molecule has 0 unspecified atom stereocenters. The largest absolute Gasteiger partial charge is 1.00 e. The first-order chi connectivity index (χ1) is 6.77. The van der Waals surface area contributed by atoms with Crippen molar-refractivity contribution in [3.8, 4) is 16.9 Å². The molecular weight excluding hydrogens is 219 g/mol. The SMILES string of the molecule is Oc1ccc(Cl)cc1-c1ccccc1.[Na+]. The number of rotatable bonds is 1. The van der Waals surface area contributed by atoms with Crippen LogP contribution in [0.4, 0.5) is 0 Å². The summed E-state index contributed by atoms with van der Waals surface area (Å²) in [7, 11) is 0. The molecule has 0 bridgehead atoms. The van der Waals surface area contributed by atoms with E-state index in [1.54, 1.807) is 18.2 Å². The molecule has 0 heterocycles. The zero-order valence-electron chi connectivity index (χ0n) is 8.44. The monoisotopic (exact) mass is 227 g/mol. The van der Waals surface area contributed by atoms with Crippen molar-refractivity contribution >= 4 is 11.6 Å². The van der Waals surface area contributed by atoms with Crippen molar-refractivity contribution in [1.82, 2.24) is 0 Å². The van der Waals surface area contributed by atoms with Crippen LogP contribution in [0, 0.1) is 0 Å². The third-order valence-corrected chi connectivity index (χ3v) is 2.28. The van der Waals surface area contributed by atoms with E-state index in [2.05, 4.69) is 0 Å². The van der Waals surface area contributed by atoms with Crippen molar-refractivity contribution in [2.24, 2.45) is 0 Å². The summed E-state index contributed by atoms with van der Waals surface area (Å²) in [4.78, 5) is 0. The molecule has 0 radical (unpaired) electrons. The second kappa shape index (κ2) is 5.57. The van der Waals surface area contributed by atoms with Crippen LogP contribution >= 0.6 is 11.6 Å². The molecule has 15 heavy (non-hydrogen) atoms. The van der Waals surface area contributed by atoms with Crippen LogP contribution in [0.2, 0.25) is 5.02 Å². The van der Waals surface area contributed by atoms with Gasteiger partial charge in [0.2, 0.25) is 0 Å². The molecule has 0 aliphatic carbocycles. The second-order valence-corrected chi connectivity index (χ2v) is 3.46. The zero-order valence-corrected chi connectivity index (χ0v) is 11.2. The van der Waals surface area contributed by atoms with E-state index in [1.165, 1.54) is 0 Å². The molecule has 0 aromatic heterocycles. The molecule has 0 saturated carbocycles. The molecule has 0 amide bonds. The number of benzene rings is 2. The van der Waals surface area contributed by atoms with Gasteiger partial charge in [-0.25, -0.2) is 0 Å². The van der Waals surface area contributed by atoms with Crippen molar-refractivity contribution in [3.05, 3.63) is 53.6 Å². The molecule has 2 aromatic carbocycles. The third kappa shape index (κ3) is 2.99. The Morgan fingerprint density at radius 3 is 2.27 bits per heavy atom. The maximum Gasteiger partial charge on any atom is 1.00 e. The average Bonchev–Trinajstić information content (AvgIpc) is 2.23. The van der Waals surface area contributed by atoms with Crippen molar-refractivity contribution < 1.29 is 34.7 Å². The Hall–Kier alpha value is -0.470. The number of phenols is 1.